The maximum Gasteiger partial charge on any atom is 0.254 e. The van der Waals surface area contributed by atoms with E-state index in [0.29, 0.717) is 32.7 Å². The number of carbonyl (C=O) groups excluding carboxylic acids is 2. The van der Waals surface area contributed by atoms with Crippen molar-refractivity contribution in [2.24, 2.45) is 0 Å². The number of nitrogens with zero attached hydrogens (tertiary/aromatic N) is 3. The largest absolute Gasteiger partial charge is 0.336 e. The molecular weight excluding hydrogens is 362 g/mol. The molecule has 1 fully saturated rings. The number of fused-ring (bicyclic) bond motifs is 1. The van der Waals surface area contributed by atoms with E-state index in [-0.39, 0.29) is 11.8 Å². The summed E-state index contributed by atoms with van der Waals surface area (Å²) in [5.74, 6) is 0.124. The van der Waals surface area contributed by atoms with Gasteiger partial charge in [-0.2, -0.15) is 0 Å². The second kappa shape index (κ2) is 8.45. The van der Waals surface area contributed by atoms with Gasteiger partial charge in [-0.05, 0) is 29.0 Å². The molecule has 0 saturated carbocycles. The van der Waals surface area contributed by atoms with Gasteiger partial charge in [0, 0.05) is 44.5 Å². The molecule has 0 aromatic heterocycles. The van der Waals surface area contributed by atoms with Gasteiger partial charge in [-0.15, -0.1) is 0 Å². The summed E-state index contributed by atoms with van der Waals surface area (Å²) in [4.78, 5) is 31.4. The van der Waals surface area contributed by atoms with Gasteiger partial charge in [-0.1, -0.05) is 54.6 Å². The monoisotopic (exact) mass is 387 g/mol. The quantitative estimate of drug-likeness (QED) is 0.690. The molecule has 4 rings (SSSR count). The number of benzene rings is 3. The number of amides is 2. The lowest BCUT2D eigenvalue weighted by atomic mass is 10.0. The smallest absolute Gasteiger partial charge is 0.254 e. The van der Waals surface area contributed by atoms with Gasteiger partial charge in [-0.3, -0.25) is 14.5 Å². The fourth-order valence-electron chi connectivity index (χ4n) is 3.78. The van der Waals surface area contributed by atoms with Gasteiger partial charge in [0.1, 0.15) is 0 Å². The predicted molar refractivity (Wildman–Crippen MR) is 116 cm³/mol. The highest BCUT2D eigenvalue weighted by atomic mass is 16.2. The zero-order valence-corrected chi connectivity index (χ0v) is 16.6. The molecule has 0 spiro atoms. The highest BCUT2D eigenvalue weighted by molar-refractivity contribution is 6.07. The fourth-order valence-corrected chi connectivity index (χ4v) is 3.78. The van der Waals surface area contributed by atoms with E-state index >= 15 is 0 Å². The third-order valence-corrected chi connectivity index (χ3v) is 5.56. The lowest BCUT2D eigenvalue weighted by molar-refractivity contribution is -0.119. The number of hydrogen-bond donors (Lipinski definition) is 0. The Morgan fingerprint density at radius 2 is 1.48 bits per heavy atom. The van der Waals surface area contributed by atoms with Crippen LogP contribution in [-0.2, 0) is 4.79 Å². The van der Waals surface area contributed by atoms with Crippen LogP contribution in [-0.4, -0.2) is 61.4 Å². The van der Waals surface area contributed by atoms with Gasteiger partial charge >= 0.3 is 0 Å². The molecule has 5 nitrogen and oxygen atoms in total. The molecule has 0 unspecified atom stereocenters. The summed E-state index contributed by atoms with van der Waals surface area (Å²) in [5, 5.41) is 2.06. The van der Waals surface area contributed by atoms with Crippen LogP contribution in [0.3, 0.4) is 0 Å². The van der Waals surface area contributed by atoms with E-state index in [4.69, 9.17) is 0 Å². The zero-order chi connectivity index (χ0) is 20.2. The fraction of sp³-hybridized carbons (Fsp3) is 0.250. The van der Waals surface area contributed by atoms with Gasteiger partial charge in [0.2, 0.25) is 5.91 Å². The summed E-state index contributed by atoms with van der Waals surface area (Å²) >= 11 is 0. The Balaban J connectivity index is 1.37. The molecule has 0 aliphatic carbocycles. The minimum absolute atomic E-state index is 0.0602. The Morgan fingerprint density at radius 1 is 0.828 bits per heavy atom. The van der Waals surface area contributed by atoms with E-state index in [2.05, 4.69) is 4.90 Å². The third-order valence-electron chi connectivity index (χ3n) is 5.56. The summed E-state index contributed by atoms with van der Waals surface area (Å²) in [6.45, 7) is 3.02. The zero-order valence-electron chi connectivity index (χ0n) is 16.6. The average molecular weight is 387 g/mol. The molecule has 1 heterocycles. The average Bonchev–Trinajstić information content (AvgIpc) is 2.78. The van der Waals surface area contributed by atoms with Crippen molar-refractivity contribution in [3.05, 3.63) is 78.4 Å². The number of carbonyl (C=O) groups is 2. The standard InChI is InChI=1S/C24H25N3O2/c1-25(20-10-3-2-4-11-20)23(28)18-26-14-16-27(17-15-26)24(29)22-13-7-9-19-8-5-6-12-21(19)22/h2-13H,14-18H2,1H3. The Morgan fingerprint density at radius 3 is 2.24 bits per heavy atom. The lowest BCUT2D eigenvalue weighted by Crippen LogP contribution is -2.51. The predicted octanol–water partition coefficient (Wildman–Crippen LogP) is 3.26. The maximum absolute atomic E-state index is 13.1. The van der Waals surface area contributed by atoms with Crippen molar-refractivity contribution < 1.29 is 9.59 Å². The summed E-state index contributed by atoms with van der Waals surface area (Å²) in [6, 6.07) is 23.5. The van der Waals surface area contributed by atoms with Gasteiger partial charge in [0.25, 0.3) is 5.91 Å². The molecule has 1 saturated heterocycles. The molecule has 3 aromatic carbocycles. The lowest BCUT2D eigenvalue weighted by Gasteiger charge is -2.35. The Hall–Kier alpha value is -3.18. The first kappa shape index (κ1) is 19.2. The van der Waals surface area contributed by atoms with Crippen LogP contribution in [0.4, 0.5) is 5.69 Å². The summed E-state index contributed by atoms with van der Waals surface area (Å²) < 4.78 is 0. The molecular formula is C24H25N3O2. The number of likely N-dealkylation sites (N-methyl/N-ethyl adjacent to an activating group) is 1. The highest BCUT2D eigenvalue weighted by Crippen LogP contribution is 2.21. The van der Waals surface area contributed by atoms with Crippen molar-refractivity contribution >= 4 is 28.3 Å². The Bertz CT molecular complexity index is 1010. The normalized spacial score (nSPS) is 14.7. The van der Waals surface area contributed by atoms with Crippen molar-refractivity contribution in [2.45, 2.75) is 0 Å². The van der Waals surface area contributed by atoms with Crippen LogP contribution in [0.2, 0.25) is 0 Å². The number of rotatable bonds is 4. The van der Waals surface area contributed by atoms with E-state index in [0.717, 1.165) is 22.0 Å². The molecule has 1 aliphatic rings. The van der Waals surface area contributed by atoms with E-state index in [9.17, 15) is 9.59 Å². The third kappa shape index (κ3) is 4.15. The topological polar surface area (TPSA) is 43.9 Å². The van der Waals surface area contributed by atoms with E-state index in [1.165, 1.54) is 0 Å². The van der Waals surface area contributed by atoms with Crippen LogP contribution < -0.4 is 4.90 Å². The van der Waals surface area contributed by atoms with Crippen LogP contribution in [0.25, 0.3) is 10.8 Å². The number of piperazine rings is 1. The van der Waals surface area contributed by atoms with Crippen LogP contribution in [0.5, 0.6) is 0 Å². The minimum atomic E-state index is 0.0602. The summed E-state index contributed by atoms with van der Waals surface area (Å²) in [7, 11) is 1.80. The van der Waals surface area contributed by atoms with Gasteiger partial charge < -0.3 is 9.80 Å². The molecule has 2 amide bonds. The van der Waals surface area contributed by atoms with Crippen LogP contribution >= 0.6 is 0 Å². The SMILES string of the molecule is CN(C(=O)CN1CCN(C(=O)c2cccc3ccccc23)CC1)c1ccccc1. The van der Waals surface area contributed by atoms with Crippen LogP contribution in [0, 0.1) is 0 Å². The first-order chi connectivity index (χ1) is 14.1. The van der Waals surface area contributed by atoms with Crippen molar-refractivity contribution in [3.63, 3.8) is 0 Å². The van der Waals surface area contributed by atoms with Gasteiger partial charge in [0.05, 0.1) is 6.54 Å². The molecule has 148 valence electrons. The number of hydrogen-bond acceptors (Lipinski definition) is 3. The molecule has 3 aromatic rings. The van der Waals surface area contributed by atoms with Crippen LogP contribution in [0.1, 0.15) is 10.4 Å². The van der Waals surface area contributed by atoms with Gasteiger partial charge in [-0.25, -0.2) is 0 Å². The summed E-state index contributed by atoms with van der Waals surface area (Å²) in [6.07, 6.45) is 0. The summed E-state index contributed by atoms with van der Waals surface area (Å²) in [5.41, 5.74) is 1.64. The number of para-hydroxylation sites is 1. The molecule has 0 bridgehead atoms. The molecule has 0 radical (unpaired) electrons. The molecule has 1 aliphatic heterocycles. The number of anilines is 1. The van der Waals surface area contributed by atoms with Crippen molar-refractivity contribution in [1.29, 1.82) is 0 Å². The van der Waals surface area contributed by atoms with E-state index in [1.807, 2.05) is 77.7 Å². The minimum Gasteiger partial charge on any atom is -0.336 e. The molecule has 5 heteroatoms. The van der Waals surface area contributed by atoms with Crippen molar-refractivity contribution in [3.8, 4) is 0 Å². The van der Waals surface area contributed by atoms with Crippen molar-refractivity contribution in [1.82, 2.24) is 9.80 Å². The first-order valence-corrected chi connectivity index (χ1v) is 9.94. The van der Waals surface area contributed by atoms with E-state index < -0.39 is 0 Å². The molecule has 0 N–H and O–H groups in total. The second-order valence-electron chi connectivity index (χ2n) is 7.38. The van der Waals surface area contributed by atoms with Crippen LogP contribution in [0.15, 0.2) is 72.8 Å². The van der Waals surface area contributed by atoms with E-state index in [1.54, 1.807) is 11.9 Å². The Labute approximate surface area is 171 Å². The highest BCUT2D eigenvalue weighted by Gasteiger charge is 2.25. The van der Waals surface area contributed by atoms with Gasteiger partial charge in [0.15, 0.2) is 0 Å². The first-order valence-electron chi connectivity index (χ1n) is 9.94. The Kier molecular flexibility index (Phi) is 5.58. The molecule has 29 heavy (non-hydrogen) atoms. The van der Waals surface area contributed by atoms with Crippen molar-refractivity contribution in [2.75, 3.05) is 44.7 Å². The second-order valence-corrected chi connectivity index (χ2v) is 7.38. The molecule has 0 atom stereocenters. The maximum atomic E-state index is 13.1.